The Morgan fingerprint density at radius 1 is 1.04 bits per heavy atom. The van der Waals surface area contributed by atoms with Crippen molar-refractivity contribution in [1.29, 1.82) is 0 Å². The number of hydrogen-bond acceptors (Lipinski definition) is 5. The normalized spacial score (nSPS) is 11.3. The fraction of sp³-hybridized carbons (Fsp3) is 0.238. The Morgan fingerprint density at radius 2 is 1.78 bits per heavy atom. The van der Waals surface area contributed by atoms with Crippen molar-refractivity contribution >= 4 is 5.84 Å². The molecule has 0 fully saturated rings. The molecule has 2 aromatic carbocycles. The average molecular weight is 364 g/mol. The predicted octanol–water partition coefficient (Wildman–Crippen LogP) is 3.50. The van der Waals surface area contributed by atoms with Gasteiger partial charge < -0.3 is 9.47 Å². The highest BCUT2D eigenvalue weighted by molar-refractivity contribution is 6.02. The fourth-order valence-electron chi connectivity index (χ4n) is 2.47. The van der Waals surface area contributed by atoms with Crippen LogP contribution in [-0.2, 0) is 0 Å². The van der Waals surface area contributed by atoms with E-state index in [0.29, 0.717) is 13.2 Å². The molecule has 0 radical (unpaired) electrons. The molecule has 6 heteroatoms. The van der Waals surface area contributed by atoms with Crippen molar-refractivity contribution in [3.8, 4) is 11.5 Å². The van der Waals surface area contributed by atoms with Gasteiger partial charge in [-0.15, -0.1) is 0 Å². The Hall–Kier alpha value is -3.28. The van der Waals surface area contributed by atoms with E-state index in [4.69, 9.17) is 14.6 Å². The molecular formula is C21H24N4O2. The van der Waals surface area contributed by atoms with Crippen LogP contribution in [0.25, 0.3) is 0 Å². The Balaban J connectivity index is 1.74. The second-order valence-corrected chi connectivity index (χ2v) is 5.87. The van der Waals surface area contributed by atoms with E-state index in [1.54, 1.807) is 12.5 Å². The summed E-state index contributed by atoms with van der Waals surface area (Å²) < 4.78 is 13.6. The molecule has 3 aromatic rings. The van der Waals surface area contributed by atoms with Gasteiger partial charge in [-0.2, -0.15) is 5.10 Å². The lowest BCUT2D eigenvalue weighted by atomic mass is 10.2. The van der Waals surface area contributed by atoms with Crippen molar-refractivity contribution in [3.63, 3.8) is 0 Å². The van der Waals surface area contributed by atoms with Crippen LogP contribution >= 0.6 is 0 Å². The summed E-state index contributed by atoms with van der Waals surface area (Å²) in [5, 5.41) is 6.59. The molecule has 0 aliphatic heterocycles. The van der Waals surface area contributed by atoms with Crippen LogP contribution in [0.4, 0.5) is 0 Å². The minimum atomic E-state index is 0.437. The van der Waals surface area contributed by atoms with Crippen LogP contribution in [0.2, 0.25) is 0 Å². The first kappa shape index (κ1) is 18.5. The van der Waals surface area contributed by atoms with Crippen molar-refractivity contribution in [2.24, 2.45) is 5.10 Å². The van der Waals surface area contributed by atoms with Crippen molar-refractivity contribution in [2.75, 3.05) is 26.8 Å². The van der Waals surface area contributed by atoms with Crippen molar-refractivity contribution < 1.29 is 9.47 Å². The second-order valence-electron chi connectivity index (χ2n) is 5.87. The van der Waals surface area contributed by atoms with E-state index >= 15 is 0 Å². The summed E-state index contributed by atoms with van der Waals surface area (Å²) in [5.41, 5.74) is 0.899. The van der Waals surface area contributed by atoms with Gasteiger partial charge in [-0.3, -0.25) is 9.58 Å². The van der Waals surface area contributed by atoms with E-state index in [1.165, 1.54) is 0 Å². The minimum absolute atomic E-state index is 0.437. The summed E-state index contributed by atoms with van der Waals surface area (Å²) in [5.74, 6) is 2.35. The summed E-state index contributed by atoms with van der Waals surface area (Å²) in [6.07, 6.45) is 5.34. The third kappa shape index (κ3) is 5.10. The maximum absolute atomic E-state index is 6.00. The number of para-hydroxylation sites is 2. The number of hydrogen-bond donors (Lipinski definition) is 0. The first-order valence-corrected chi connectivity index (χ1v) is 8.96. The zero-order valence-electron chi connectivity index (χ0n) is 15.7. The molecule has 0 N–H and O–H groups in total. The van der Waals surface area contributed by atoms with Crippen LogP contribution in [0.15, 0.2) is 78.4 Å². The molecule has 0 amide bonds. The quantitative estimate of drug-likeness (QED) is 0.266. The van der Waals surface area contributed by atoms with Gasteiger partial charge in [0.25, 0.3) is 0 Å². The highest BCUT2D eigenvalue weighted by atomic mass is 16.5. The molecule has 3 rings (SSSR count). The number of aromatic nitrogens is 2. The largest absolute Gasteiger partial charge is 0.490 e. The Bertz CT molecular complexity index is 848. The zero-order valence-corrected chi connectivity index (χ0v) is 15.7. The summed E-state index contributed by atoms with van der Waals surface area (Å²) in [4.78, 5) is 4.14. The predicted molar refractivity (Wildman–Crippen MR) is 106 cm³/mol. The van der Waals surface area contributed by atoms with Gasteiger partial charge in [-0.25, -0.2) is 4.98 Å². The van der Waals surface area contributed by atoms with E-state index in [1.807, 2.05) is 77.4 Å². The minimum Gasteiger partial charge on any atom is -0.490 e. The molecule has 0 bridgehead atoms. The molecular weight excluding hydrogens is 340 g/mol. The third-order valence-corrected chi connectivity index (χ3v) is 3.95. The number of benzene rings is 2. The first-order valence-electron chi connectivity index (χ1n) is 8.96. The van der Waals surface area contributed by atoms with Gasteiger partial charge in [0.05, 0.1) is 5.56 Å². The van der Waals surface area contributed by atoms with Gasteiger partial charge >= 0.3 is 0 Å². The molecule has 0 aliphatic carbocycles. The summed E-state index contributed by atoms with van der Waals surface area (Å²) in [7, 11) is 1.94. The highest BCUT2D eigenvalue weighted by Crippen LogP contribution is 2.20. The van der Waals surface area contributed by atoms with Gasteiger partial charge in [0, 0.05) is 26.0 Å². The van der Waals surface area contributed by atoms with E-state index in [0.717, 1.165) is 29.4 Å². The van der Waals surface area contributed by atoms with Gasteiger partial charge in [-0.1, -0.05) is 30.3 Å². The fourth-order valence-corrected chi connectivity index (χ4v) is 2.47. The van der Waals surface area contributed by atoms with Crippen molar-refractivity contribution in [2.45, 2.75) is 6.92 Å². The van der Waals surface area contributed by atoms with E-state index < -0.39 is 0 Å². The molecule has 0 spiro atoms. The van der Waals surface area contributed by atoms with E-state index in [-0.39, 0.29) is 0 Å². The molecule has 140 valence electrons. The van der Waals surface area contributed by atoms with Crippen molar-refractivity contribution in [1.82, 2.24) is 14.6 Å². The van der Waals surface area contributed by atoms with Gasteiger partial charge in [0.1, 0.15) is 31.0 Å². The maximum atomic E-state index is 6.00. The number of hydrazone groups is 1. The molecule has 0 aliphatic rings. The average Bonchev–Trinajstić information content (AvgIpc) is 3.25. The molecule has 0 atom stereocenters. The number of rotatable bonds is 8. The number of imidazole rings is 1. The first-order chi connectivity index (χ1) is 13.3. The lowest BCUT2D eigenvalue weighted by Gasteiger charge is -2.17. The third-order valence-electron chi connectivity index (χ3n) is 3.95. The molecule has 0 unspecified atom stereocenters. The summed E-state index contributed by atoms with van der Waals surface area (Å²) in [6, 6.07) is 17.6. The molecule has 0 saturated carbocycles. The molecule has 1 heterocycles. The summed E-state index contributed by atoms with van der Waals surface area (Å²) in [6.45, 7) is 3.75. The van der Waals surface area contributed by atoms with Crippen LogP contribution in [0, 0.1) is 0 Å². The lowest BCUT2D eigenvalue weighted by molar-refractivity contribution is 0.217. The van der Waals surface area contributed by atoms with Crippen LogP contribution in [0.5, 0.6) is 11.5 Å². The monoisotopic (exact) mass is 364 g/mol. The van der Waals surface area contributed by atoms with Crippen LogP contribution < -0.4 is 9.47 Å². The van der Waals surface area contributed by atoms with Crippen molar-refractivity contribution in [3.05, 3.63) is 78.9 Å². The van der Waals surface area contributed by atoms with Crippen LogP contribution in [-0.4, -0.2) is 47.2 Å². The Labute approximate surface area is 159 Å². The molecule has 6 nitrogen and oxygen atoms in total. The van der Waals surface area contributed by atoms with Gasteiger partial charge in [0.15, 0.2) is 5.84 Å². The van der Waals surface area contributed by atoms with Gasteiger partial charge in [0.2, 0.25) is 0 Å². The highest BCUT2D eigenvalue weighted by Gasteiger charge is 2.13. The summed E-state index contributed by atoms with van der Waals surface area (Å²) >= 11 is 0. The topological polar surface area (TPSA) is 51.9 Å². The molecule has 0 saturated heterocycles. The Morgan fingerprint density at radius 3 is 2.52 bits per heavy atom. The van der Waals surface area contributed by atoms with E-state index in [2.05, 4.69) is 11.9 Å². The number of nitrogens with zero attached hydrogens (tertiary/aromatic N) is 4. The second kappa shape index (κ2) is 9.43. The van der Waals surface area contributed by atoms with E-state index in [9.17, 15) is 0 Å². The zero-order chi connectivity index (χ0) is 18.9. The van der Waals surface area contributed by atoms with Crippen LogP contribution in [0.1, 0.15) is 12.5 Å². The van der Waals surface area contributed by atoms with Crippen LogP contribution in [0.3, 0.4) is 0 Å². The molecule has 1 aromatic heterocycles. The smallest absolute Gasteiger partial charge is 0.169 e. The molecule has 27 heavy (non-hydrogen) atoms. The standard InChI is InChI=1S/C21H24N4O2/c1-3-24(2)23-21(25-14-13-22-17-25)19-11-7-8-12-20(19)27-16-15-26-18-9-5-4-6-10-18/h4-14,17H,3,15-16H2,1-2H3/b23-21-. The maximum Gasteiger partial charge on any atom is 0.169 e. The number of ether oxygens (including phenoxy) is 2. The van der Waals surface area contributed by atoms with Gasteiger partial charge in [-0.05, 0) is 31.2 Å². The SMILES string of the molecule is CCN(C)/N=C(/c1ccccc1OCCOc1ccccc1)n1ccnc1. The lowest BCUT2D eigenvalue weighted by Crippen LogP contribution is -2.21. The Kier molecular flexibility index (Phi) is 6.46.